The molecule has 2 aromatic carbocycles. The maximum Gasteiger partial charge on any atom is 0.376 e. The molecule has 8 heteroatoms. The average molecular weight is 406 g/mol. The van der Waals surface area contributed by atoms with Gasteiger partial charge in [0, 0.05) is 12.1 Å². The van der Waals surface area contributed by atoms with Gasteiger partial charge in [0.15, 0.2) is 0 Å². The van der Waals surface area contributed by atoms with E-state index in [1.165, 1.54) is 12.1 Å². The molecule has 0 bridgehead atoms. The summed E-state index contributed by atoms with van der Waals surface area (Å²) >= 11 is 0. The van der Waals surface area contributed by atoms with E-state index in [9.17, 15) is 9.18 Å². The molecule has 0 fully saturated rings. The van der Waals surface area contributed by atoms with Gasteiger partial charge in [-0.15, -0.1) is 0 Å². The lowest BCUT2D eigenvalue weighted by Crippen LogP contribution is -2.12. The summed E-state index contributed by atoms with van der Waals surface area (Å²) in [6.07, 6.45) is 0. The van der Waals surface area contributed by atoms with Crippen molar-refractivity contribution in [1.82, 2.24) is 15.1 Å². The predicted octanol–water partition coefficient (Wildman–Crippen LogP) is 4.52. The van der Waals surface area contributed by atoms with E-state index in [2.05, 4.69) is 20.4 Å². The van der Waals surface area contributed by atoms with Gasteiger partial charge in [-0.1, -0.05) is 35.0 Å². The van der Waals surface area contributed by atoms with Gasteiger partial charge in [-0.05, 0) is 43.7 Å². The van der Waals surface area contributed by atoms with E-state index >= 15 is 0 Å². The normalized spacial score (nSPS) is 10.9. The molecule has 0 amide bonds. The molecule has 4 rings (SSSR count). The van der Waals surface area contributed by atoms with Crippen molar-refractivity contribution in [3.63, 3.8) is 0 Å². The number of carbonyl (C=O) groups is 1. The molecule has 152 valence electrons. The molecule has 0 aliphatic rings. The molecule has 0 atom stereocenters. The molecule has 0 saturated carbocycles. The summed E-state index contributed by atoms with van der Waals surface area (Å²) in [4.78, 5) is 20.7. The first-order valence-corrected chi connectivity index (χ1v) is 9.45. The Morgan fingerprint density at radius 2 is 1.83 bits per heavy atom. The summed E-state index contributed by atoms with van der Waals surface area (Å²) in [7, 11) is 0. The van der Waals surface area contributed by atoms with Crippen LogP contribution in [-0.4, -0.2) is 27.7 Å². The lowest BCUT2D eigenvalue weighted by molar-refractivity contribution is 0.0512. The van der Waals surface area contributed by atoms with Gasteiger partial charge in [-0.3, -0.25) is 0 Å². The largest absolute Gasteiger partial charge is 0.460 e. The molecule has 0 saturated heterocycles. The van der Waals surface area contributed by atoms with E-state index < -0.39 is 5.97 Å². The number of hydrogen-bond donors (Lipinski definition) is 1. The third-order valence-corrected chi connectivity index (χ3v) is 4.49. The number of carbonyl (C=O) groups excluding carboxylic acids is 1. The second kappa shape index (κ2) is 8.28. The van der Waals surface area contributed by atoms with Crippen molar-refractivity contribution in [2.24, 2.45) is 0 Å². The van der Waals surface area contributed by atoms with Crippen LogP contribution < -0.4 is 5.32 Å². The Labute approximate surface area is 171 Å². The second-order valence-electron chi connectivity index (χ2n) is 6.67. The van der Waals surface area contributed by atoms with Gasteiger partial charge in [0.05, 0.1) is 6.61 Å². The monoisotopic (exact) mass is 406 g/mol. The Kier molecular flexibility index (Phi) is 5.38. The molecule has 1 N–H and O–H groups in total. The number of benzene rings is 2. The van der Waals surface area contributed by atoms with Crippen LogP contribution in [0.2, 0.25) is 0 Å². The number of anilines is 1. The molecule has 4 aromatic rings. The lowest BCUT2D eigenvalue weighted by Gasteiger charge is -2.09. The minimum absolute atomic E-state index is 0.127. The number of fused-ring (bicyclic) bond motifs is 1. The molecule has 0 aliphatic carbocycles. The quantitative estimate of drug-likeness (QED) is 0.471. The van der Waals surface area contributed by atoms with E-state index in [-0.39, 0.29) is 24.0 Å². The van der Waals surface area contributed by atoms with Crippen molar-refractivity contribution in [2.75, 3.05) is 11.9 Å². The van der Waals surface area contributed by atoms with Gasteiger partial charge in [0.25, 0.3) is 5.71 Å². The minimum Gasteiger partial charge on any atom is -0.460 e. The standard InChI is InChI=1S/C22H19FN4O3/c1-3-29-22(28)20-25-19(24-12-14-6-4-13(2)5-7-14)17-18(27-30-21(17)26-20)15-8-10-16(23)11-9-15/h4-11H,3,12H2,1-2H3,(H,24,25,26). The van der Waals surface area contributed by atoms with Gasteiger partial charge >= 0.3 is 5.97 Å². The maximum absolute atomic E-state index is 13.3. The van der Waals surface area contributed by atoms with Crippen LogP contribution in [-0.2, 0) is 11.3 Å². The third-order valence-electron chi connectivity index (χ3n) is 4.49. The Morgan fingerprint density at radius 1 is 1.10 bits per heavy atom. The minimum atomic E-state index is -0.655. The number of nitrogens with one attached hydrogen (secondary N) is 1. The maximum atomic E-state index is 13.3. The van der Waals surface area contributed by atoms with E-state index in [4.69, 9.17) is 9.26 Å². The molecular formula is C22H19FN4O3. The summed E-state index contributed by atoms with van der Waals surface area (Å²) < 4.78 is 23.7. The summed E-state index contributed by atoms with van der Waals surface area (Å²) in [6.45, 7) is 4.38. The van der Waals surface area contributed by atoms with Crippen LogP contribution in [0.5, 0.6) is 0 Å². The zero-order chi connectivity index (χ0) is 21.1. The number of halogens is 1. The van der Waals surface area contributed by atoms with Crippen LogP contribution in [0.25, 0.3) is 22.4 Å². The highest BCUT2D eigenvalue weighted by atomic mass is 19.1. The van der Waals surface area contributed by atoms with Crippen molar-refractivity contribution >= 4 is 22.9 Å². The Balaban J connectivity index is 1.78. The Bertz CT molecular complexity index is 1190. The zero-order valence-electron chi connectivity index (χ0n) is 16.5. The summed E-state index contributed by atoms with van der Waals surface area (Å²) in [5.41, 5.74) is 3.42. The summed E-state index contributed by atoms with van der Waals surface area (Å²) in [5, 5.41) is 7.81. The third kappa shape index (κ3) is 3.98. The number of nitrogens with zero attached hydrogens (tertiary/aromatic N) is 3. The number of aryl methyl sites for hydroxylation is 1. The van der Waals surface area contributed by atoms with Crippen molar-refractivity contribution in [3.8, 4) is 11.3 Å². The Hall–Kier alpha value is -3.81. The predicted molar refractivity (Wildman–Crippen MR) is 109 cm³/mol. The fourth-order valence-electron chi connectivity index (χ4n) is 2.97. The molecule has 0 spiro atoms. The van der Waals surface area contributed by atoms with Gasteiger partial charge in [-0.2, -0.15) is 4.98 Å². The highest BCUT2D eigenvalue weighted by molar-refractivity contribution is 5.99. The summed E-state index contributed by atoms with van der Waals surface area (Å²) in [5.74, 6) is -0.760. The number of rotatable bonds is 6. The van der Waals surface area contributed by atoms with Crippen LogP contribution in [0, 0.1) is 12.7 Å². The van der Waals surface area contributed by atoms with Crippen LogP contribution in [0.1, 0.15) is 28.7 Å². The Morgan fingerprint density at radius 3 is 2.53 bits per heavy atom. The van der Waals surface area contributed by atoms with Crippen LogP contribution in [0.15, 0.2) is 53.1 Å². The molecule has 0 aliphatic heterocycles. The van der Waals surface area contributed by atoms with Crippen molar-refractivity contribution in [3.05, 3.63) is 71.3 Å². The number of aromatic nitrogens is 3. The molecule has 0 radical (unpaired) electrons. The average Bonchev–Trinajstić information content (AvgIpc) is 3.18. The van der Waals surface area contributed by atoms with Crippen LogP contribution in [0.3, 0.4) is 0 Å². The van der Waals surface area contributed by atoms with E-state index in [0.717, 1.165) is 11.1 Å². The topological polar surface area (TPSA) is 90.1 Å². The molecule has 2 heterocycles. The first kappa shape index (κ1) is 19.5. The lowest BCUT2D eigenvalue weighted by atomic mass is 10.1. The molecule has 2 aromatic heterocycles. The molecule has 0 unspecified atom stereocenters. The fourth-order valence-corrected chi connectivity index (χ4v) is 2.97. The number of esters is 1. The molecule has 7 nitrogen and oxygen atoms in total. The zero-order valence-corrected chi connectivity index (χ0v) is 16.5. The molecular weight excluding hydrogens is 387 g/mol. The number of ether oxygens (including phenoxy) is 1. The van der Waals surface area contributed by atoms with E-state index in [1.807, 2.05) is 31.2 Å². The highest BCUT2D eigenvalue weighted by Crippen LogP contribution is 2.32. The number of hydrogen-bond acceptors (Lipinski definition) is 7. The highest BCUT2D eigenvalue weighted by Gasteiger charge is 2.22. The van der Waals surface area contributed by atoms with Gasteiger partial charge in [-0.25, -0.2) is 14.2 Å². The van der Waals surface area contributed by atoms with E-state index in [0.29, 0.717) is 29.0 Å². The van der Waals surface area contributed by atoms with Gasteiger partial charge < -0.3 is 14.6 Å². The van der Waals surface area contributed by atoms with Crippen molar-refractivity contribution < 1.29 is 18.4 Å². The van der Waals surface area contributed by atoms with Crippen molar-refractivity contribution in [1.29, 1.82) is 0 Å². The first-order chi connectivity index (χ1) is 14.5. The summed E-state index contributed by atoms with van der Waals surface area (Å²) in [6, 6.07) is 13.9. The fraction of sp³-hybridized carbons (Fsp3) is 0.182. The van der Waals surface area contributed by atoms with E-state index in [1.54, 1.807) is 19.1 Å². The van der Waals surface area contributed by atoms with Crippen LogP contribution in [0.4, 0.5) is 10.2 Å². The van der Waals surface area contributed by atoms with Gasteiger partial charge in [0.2, 0.25) is 5.82 Å². The smallest absolute Gasteiger partial charge is 0.376 e. The second-order valence-corrected chi connectivity index (χ2v) is 6.67. The van der Waals surface area contributed by atoms with Gasteiger partial charge in [0.1, 0.15) is 22.7 Å². The first-order valence-electron chi connectivity index (χ1n) is 9.45. The SMILES string of the molecule is CCOC(=O)c1nc(NCc2ccc(C)cc2)c2c(-c3ccc(F)cc3)noc2n1. The van der Waals surface area contributed by atoms with Crippen LogP contribution >= 0.6 is 0 Å². The van der Waals surface area contributed by atoms with Crippen molar-refractivity contribution in [2.45, 2.75) is 20.4 Å². The molecule has 30 heavy (non-hydrogen) atoms.